The molecule has 1 aliphatic rings. The number of carbonyl (C=O) groups is 1. The second-order valence-electron chi connectivity index (χ2n) is 9.57. The van der Waals surface area contributed by atoms with E-state index in [4.69, 9.17) is 9.31 Å². The number of hydrogen-bond donors (Lipinski definition) is 1. The summed E-state index contributed by atoms with van der Waals surface area (Å²) >= 11 is 0. The summed E-state index contributed by atoms with van der Waals surface area (Å²) in [6.07, 6.45) is 5.63. The number of aromatic hydroxyl groups is 1. The molecular weight excluding hydrogens is 410 g/mol. The molecule has 1 fully saturated rings. The summed E-state index contributed by atoms with van der Waals surface area (Å²) in [5.41, 5.74) is -0.216. The minimum absolute atomic E-state index is 0.356. The second-order valence-corrected chi connectivity index (χ2v) is 9.57. The van der Waals surface area contributed by atoms with Gasteiger partial charge in [-0.3, -0.25) is 4.79 Å². The van der Waals surface area contributed by atoms with E-state index in [0.717, 1.165) is 36.5 Å². The SMILES string of the molecule is CCCCCC[n+]1c(O)c(C(=O)F)n2cc(B3OC(C)(C)C(C)(C)O3)c3ccccc3c21. The molecular formula is C24H31BFN2O4+. The number of hydrogen-bond acceptors (Lipinski definition) is 4. The highest BCUT2D eigenvalue weighted by molar-refractivity contribution is 6.65. The van der Waals surface area contributed by atoms with Gasteiger partial charge in [0.1, 0.15) is 0 Å². The molecule has 0 aliphatic carbocycles. The van der Waals surface area contributed by atoms with Crippen LogP contribution in [-0.2, 0) is 15.9 Å². The van der Waals surface area contributed by atoms with E-state index in [1.165, 1.54) is 4.40 Å². The monoisotopic (exact) mass is 441 g/mol. The van der Waals surface area contributed by atoms with Crippen molar-refractivity contribution in [1.82, 2.24) is 4.40 Å². The van der Waals surface area contributed by atoms with Crippen molar-refractivity contribution in [3.63, 3.8) is 0 Å². The summed E-state index contributed by atoms with van der Waals surface area (Å²) in [7, 11) is -0.695. The maximum Gasteiger partial charge on any atom is 0.499 e. The maximum absolute atomic E-state index is 14.1. The first-order chi connectivity index (χ1) is 15.1. The van der Waals surface area contributed by atoms with Crippen LogP contribution in [0.1, 0.15) is 70.8 Å². The van der Waals surface area contributed by atoms with E-state index in [1.54, 1.807) is 10.8 Å². The number of aromatic nitrogens is 2. The van der Waals surface area contributed by atoms with Crippen molar-refractivity contribution >= 4 is 35.0 Å². The van der Waals surface area contributed by atoms with Crippen LogP contribution in [0.15, 0.2) is 30.5 Å². The Morgan fingerprint density at radius 2 is 1.72 bits per heavy atom. The van der Waals surface area contributed by atoms with Crippen LogP contribution in [0.3, 0.4) is 0 Å². The molecule has 2 aromatic heterocycles. The smallest absolute Gasteiger partial charge is 0.474 e. The Balaban J connectivity index is 1.95. The van der Waals surface area contributed by atoms with Crippen molar-refractivity contribution in [2.24, 2.45) is 0 Å². The van der Waals surface area contributed by atoms with Gasteiger partial charge in [0.2, 0.25) is 0 Å². The number of imidazole rings is 1. The van der Waals surface area contributed by atoms with Crippen LogP contribution in [0, 0.1) is 0 Å². The summed E-state index contributed by atoms with van der Waals surface area (Å²) in [6.45, 7) is 10.5. The van der Waals surface area contributed by atoms with Gasteiger partial charge >= 0.3 is 19.0 Å². The Morgan fingerprint density at radius 3 is 2.31 bits per heavy atom. The third-order valence-corrected chi connectivity index (χ3v) is 6.87. The Hall–Kier alpha value is -2.45. The van der Waals surface area contributed by atoms with E-state index < -0.39 is 24.4 Å². The van der Waals surface area contributed by atoms with Crippen molar-refractivity contribution in [2.45, 2.75) is 78.0 Å². The lowest BCUT2D eigenvalue weighted by atomic mass is 9.77. The molecule has 170 valence electrons. The van der Waals surface area contributed by atoms with Crippen molar-refractivity contribution < 1.29 is 28.2 Å². The minimum Gasteiger partial charge on any atom is -0.474 e. The van der Waals surface area contributed by atoms with Gasteiger partial charge in [-0.1, -0.05) is 38.0 Å². The molecule has 3 heterocycles. The molecule has 32 heavy (non-hydrogen) atoms. The molecule has 0 spiro atoms. The lowest BCUT2D eigenvalue weighted by Crippen LogP contribution is -2.41. The molecule has 0 atom stereocenters. The van der Waals surface area contributed by atoms with Gasteiger partial charge in [0, 0.05) is 5.46 Å². The number of unbranched alkanes of at least 4 members (excludes halogenated alkanes) is 3. The molecule has 1 aliphatic heterocycles. The topological polar surface area (TPSA) is 64.1 Å². The highest BCUT2D eigenvalue weighted by Crippen LogP contribution is 2.37. The van der Waals surface area contributed by atoms with E-state index in [1.807, 2.05) is 52.0 Å². The van der Waals surface area contributed by atoms with Crippen LogP contribution in [0.25, 0.3) is 16.4 Å². The van der Waals surface area contributed by atoms with Gasteiger partial charge in [0.05, 0.1) is 29.3 Å². The summed E-state index contributed by atoms with van der Waals surface area (Å²) in [5, 5.41) is 12.5. The molecule has 0 amide bonds. The molecule has 6 nitrogen and oxygen atoms in total. The second kappa shape index (κ2) is 8.16. The van der Waals surface area contributed by atoms with Crippen LogP contribution in [0.2, 0.25) is 0 Å². The number of nitrogens with zero attached hydrogens (tertiary/aromatic N) is 2. The van der Waals surface area contributed by atoms with Crippen LogP contribution in [0.4, 0.5) is 4.39 Å². The van der Waals surface area contributed by atoms with Gasteiger partial charge in [0.15, 0.2) is 0 Å². The number of rotatable bonds is 7. The highest BCUT2D eigenvalue weighted by Gasteiger charge is 2.53. The first kappa shape index (κ1) is 22.7. The van der Waals surface area contributed by atoms with E-state index >= 15 is 0 Å². The molecule has 8 heteroatoms. The van der Waals surface area contributed by atoms with Gasteiger partial charge in [-0.25, -0.2) is 0 Å². The molecule has 4 rings (SSSR count). The summed E-state index contributed by atoms with van der Waals surface area (Å²) < 4.78 is 29.7. The number of fused-ring (bicyclic) bond motifs is 3. The van der Waals surface area contributed by atoms with Gasteiger partial charge < -0.3 is 14.4 Å². The predicted molar refractivity (Wildman–Crippen MR) is 122 cm³/mol. The zero-order valence-electron chi connectivity index (χ0n) is 19.4. The van der Waals surface area contributed by atoms with Gasteiger partial charge in [-0.05, 0) is 52.0 Å². The van der Waals surface area contributed by atoms with Crippen LogP contribution in [0.5, 0.6) is 5.88 Å². The van der Waals surface area contributed by atoms with Crippen LogP contribution < -0.4 is 10.0 Å². The fourth-order valence-corrected chi connectivity index (χ4v) is 4.36. The van der Waals surface area contributed by atoms with E-state index in [2.05, 4.69) is 6.92 Å². The molecule has 3 aromatic rings. The summed E-state index contributed by atoms with van der Waals surface area (Å²) in [4.78, 5) is 11.9. The molecule has 1 N–H and O–H groups in total. The first-order valence-corrected chi connectivity index (χ1v) is 11.3. The summed E-state index contributed by atoms with van der Waals surface area (Å²) in [5.74, 6) is -0.356. The van der Waals surface area contributed by atoms with Gasteiger partial charge in [0.25, 0.3) is 11.3 Å². The average Bonchev–Trinajstić information content (AvgIpc) is 3.13. The van der Waals surface area contributed by atoms with Gasteiger partial charge in [-0.2, -0.15) is 13.4 Å². The van der Waals surface area contributed by atoms with Crippen molar-refractivity contribution in [3.05, 3.63) is 36.2 Å². The maximum atomic E-state index is 14.1. The van der Waals surface area contributed by atoms with Crippen molar-refractivity contribution in [1.29, 1.82) is 0 Å². The largest absolute Gasteiger partial charge is 0.499 e. The minimum atomic E-state index is -1.68. The number of aryl methyl sites for hydroxylation is 1. The number of halogens is 1. The average molecular weight is 441 g/mol. The van der Waals surface area contributed by atoms with Crippen molar-refractivity contribution in [3.8, 4) is 5.88 Å². The molecule has 0 radical (unpaired) electrons. The van der Waals surface area contributed by atoms with Crippen molar-refractivity contribution in [2.75, 3.05) is 0 Å². The zero-order chi connectivity index (χ0) is 23.3. The number of benzene rings is 1. The number of pyridine rings is 1. The van der Waals surface area contributed by atoms with Crippen LogP contribution >= 0.6 is 0 Å². The van der Waals surface area contributed by atoms with E-state index in [9.17, 15) is 14.3 Å². The van der Waals surface area contributed by atoms with Crippen LogP contribution in [-0.4, -0.2) is 33.9 Å². The normalized spacial score (nSPS) is 17.5. The first-order valence-electron chi connectivity index (χ1n) is 11.3. The lowest BCUT2D eigenvalue weighted by Gasteiger charge is -2.32. The fraction of sp³-hybridized carbons (Fsp3) is 0.500. The fourth-order valence-electron chi connectivity index (χ4n) is 4.36. The molecule has 0 unspecified atom stereocenters. The Morgan fingerprint density at radius 1 is 1.09 bits per heavy atom. The third-order valence-electron chi connectivity index (χ3n) is 6.87. The third kappa shape index (κ3) is 3.59. The predicted octanol–water partition coefficient (Wildman–Crippen LogP) is 4.07. The Bertz CT molecular complexity index is 1170. The summed E-state index contributed by atoms with van der Waals surface area (Å²) in [6, 6.07) is 5.99. The molecule has 0 saturated carbocycles. The van der Waals surface area contributed by atoms with E-state index in [-0.39, 0.29) is 11.6 Å². The van der Waals surface area contributed by atoms with E-state index in [0.29, 0.717) is 17.7 Å². The highest BCUT2D eigenvalue weighted by atomic mass is 19.1. The zero-order valence-corrected chi connectivity index (χ0v) is 19.4. The lowest BCUT2D eigenvalue weighted by molar-refractivity contribution is -0.676. The molecule has 1 saturated heterocycles. The number of carbonyl (C=O) groups excluding carboxylic acids is 1. The Labute approximate surface area is 188 Å². The molecule has 0 bridgehead atoms. The van der Waals surface area contributed by atoms with Gasteiger partial charge in [-0.15, -0.1) is 0 Å². The quantitative estimate of drug-likeness (QED) is 0.260. The Kier molecular flexibility index (Phi) is 5.80. The molecule has 1 aromatic carbocycles. The standard InChI is InChI=1S/C24H30BFN2O4/c1-6-7-8-11-14-27-21-17-13-10-9-12-16(17)18(15-28(21)19(20(26)29)22(27)30)25-31-23(2,3)24(4,5)32-25/h9-10,12-13,15H,6-8,11,14H2,1-5H3/p+1.